The first-order valence-corrected chi connectivity index (χ1v) is 41.8. The Hall–Kier alpha value is -3.76. The third-order valence-electron chi connectivity index (χ3n) is 16.4. The largest absolute Gasteiger partial charge is 0.472 e. The first-order valence-electron chi connectivity index (χ1n) is 38.8. The summed E-state index contributed by atoms with van der Waals surface area (Å²) in [5.74, 6) is -2.25. The number of hydrogen-bond donors (Lipinski definition) is 3. The zero-order valence-electron chi connectivity index (χ0n) is 62.0. The number of phosphoric ester groups is 2. The molecule has 0 aromatic heterocycles. The van der Waals surface area contributed by atoms with Crippen LogP contribution in [-0.2, 0) is 65.4 Å². The molecule has 3 N–H and O–H groups in total. The Bertz CT molecular complexity index is 2190. The van der Waals surface area contributed by atoms with E-state index in [1.165, 1.54) is 128 Å². The van der Waals surface area contributed by atoms with Gasteiger partial charge >= 0.3 is 39.5 Å². The molecule has 0 rings (SSSR count). The van der Waals surface area contributed by atoms with Gasteiger partial charge in [0.05, 0.1) is 26.4 Å². The molecule has 0 aliphatic rings. The van der Waals surface area contributed by atoms with Gasteiger partial charge in [0.1, 0.15) is 19.3 Å². The van der Waals surface area contributed by atoms with E-state index in [9.17, 15) is 43.2 Å². The lowest BCUT2D eigenvalue weighted by Crippen LogP contribution is -2.30. The Morgan fingerprint density at radius 2 is 0.541 bits per heavy atom. The van der Waals surface area contributed by atoms with Crippen molar-refractivity contribution >= 4 is 39.5 Å². The molecule has 0 spiro atoms. The zero-order chi connectivity index (χ0) is 71.8. The average molecular weight is 1420 g/mol. The SMILES string of the molecule is CCCCC/C=C\C/C=C\C/C=C\C/C=C\CCCC(=O)O[C@H](COC(=O)CCCCCCC/C=C\CCCCCC)COP(=O)(O)OC[C@H](O)COP(=O)(O)OC[C@@H](COC(=O)CCCCCCCCCCCCCCC)OC(=O)CCCCCCC/C=C\C=C/CCCCCC. The Kier molecular flexibility index (Phi) is 68.9. The standard InChI is InChI=1S/C79H140O17P2/c1-5-9-13-17-21-25-29-33-35-36-38-42-46-50-54-58-62-66-79(84)96-75(70-90-77(82)64-60-56-52-48-44-40-32-28-24-20-16-12-8-4)72-94-98(87,88)92-68-73(80)67-91-97(85,86)93-71-74(69-89-76(81)63-59-55-51-47-43-39-31-27-23-19-15-11-7-3)95-78(83)65-61-57-53-49-45-41-37-34-30-26-22-18-14-10-6-2/h21,25-26,28,30,32-35,37-38,42,50,54,73-75,80H,5-20,22-24,27,29,31,36,39-41,43-49,51-53,55-72H2,1-4H3,(H,85,86)(H,87,88)/b25-21-,30-26-,32-28-,35-33-,37-34-,42-38-,54-50-/t73-,74-,75-/m1/s1. The molecule has 0 amide bonds. The highest BCUT2D eigenvalue weighted by Crippen LogP contribution is 2.45. The van der Waals surface area contributed by atoms with Crippen molar-refractivity contribution in [2.75, 3.05) is 39.6 Å². The van der Waals surface area contributed by atoms with Crippen molar-refractivity contribution in [3.05, 3.63) is 85.1 Å². The van der Waals surface area contributed by atoms with Gasteiger partial charge in [0.15, 0.2) is 12.2 Å². The Balaban J connectivity index is 5.40. The molecular formula is C79H140O17P2. The van der Waals surface area contributed by atoms with Gasteiger partial charge in [-0.05, 0) is 116 Å². The van der Waals surface area contributed by atoms with Crippen LogP contribution in [0, 0.1) is 0 Å². The van der Waals surface area contributed by atoms with Crippen molar-refractivity contribution in [2.24, 2.45) is 0 Å². The van der Waals surface area contributed by atoms with E-state index in [1.54, 1.807) is 0 Å². The Morgan fingerprint density at radius 1 is 0.296 bits per heavy atom. The number of aliphatic hydroxyl groups excluding tert-OH is 1. The second-order valence-corrected chi connectivity index (χ2v) is 28.9. The summed E-state index contributed by atoms with van der Waals surface area (Å²) in [4.78, 5) is 72.8. The van der Waals surface area contributed by atoms with Crippen molar-refractivity contribution < 1.29 is 80.2 Å². The number of ether oxygens (including phenoxy) is 4. The summed E-state index contributed by atoms with van der Waals surface area (Å²) >= 11 is 0. The number of rotatable bonds is 73. The molecule has 0 saturated heterocycles. The second kappa shape index (κ2) is 71.6. The number of esters is 4. The van der Waals surface area contributed by atoms with Gasteiger partial charge in [-0.2, -0.15) is 0 Å². The van der Waals surface area contributed by atoms with Crippen LogP contribution in [0.4, 0.5) is 0 Å². The minimum absolute atomic E-state index is 0.0187. The van der Waals surface area contributed by atoms with Gasteiger partial charge in [-0.3, -0.25) is 37.3 Å². The number of unbranched alkanes of at least 4 members (excludes halogenated alkanes) is 34. The summed E-state index contributed by atoms with van der Waals surface area (Å²) < 4.78 is 68.4. The van der Waals surface area contributed by atoms with Crippen LogP contribution in [0.15, 0.2) is 85.1 Å². The van der Waals surface area contributed by atoms with E-state index in [0.717, 1.165) is 122 Å². The third-order valence-corrected chi connectivity index (χ3v) is 18.3. The van der Waals surface area contributed by atoms with Gasteiger partial charge in [0.25, 0.3) is 0 Å². The van der Waals surface area contributed by atoms with Crippen molar-refractivity contribution in [1.82, 2.24) is 0 Å². The number of carbonyl (C=O) groups is 4. The van der Waals surface area contributed by atoms with E-state index in [-0.39, 0.29) is 25.7 Å². The van der Waals surface area contributed by atoms with Gasteiger partial charge in [-0.15, -0.1) is 0 Å². The minimum Gasteiger partial charge on any atom is -0.462 e. The Labute approximate surface area is 595 Å². The number of allylic oxidation sites excluding steroid dienone is 14. The lowest BCUT2D eigenvalue weighted by atomic mass is 10.0. The maximum atomic E-state index is 13.1. The minimum atomic E-state index is -4.99. The van der Waals surface area contributed by atoms with Crippen molar-refractivity contribution in [1.29, 1.82) is 0 Å². The molecule has 568 valence electrons. The van der Waals surface area contributed by atoms with Crippen LogP contribution in [0.3, 0.4) is 0 Å². The number of aliphatic hydroxyl groups is 1. The monoisotopic (exact) mass is 1420 g/mol. The quantitative estimate of drug-likeness (QED) is 0.0128. The first-order chi connectivity index (χ1) is 47.7. The van der Waals surface area contributed by atoms with Gasteiger partial charge in [-0.25, -0.2) is 9.13 Å². The summed E-state index contributed by atoms with van der Waals surface area (Å²) in [5, 5.41) is 10.6. The van der Waals surface area contributed by atoms with Crippen LogP contribution in [0.2, 0.25) is 0 Å². The molecule has 2 unspecified atom stereocenters. The molecule has 0 fully saturated rings. The fraction of sp³-hybridized carbons (Fsp3) is 0.772. The van der Waals surface area contributed by atoms with Gasteiger partial charge in [-0.1, -0.05) is 280 Å². The molecule has 0 saturated carbocycles. The molecule has 0 heterocycles. The fourth-order valence-electron chi connectivity index (χ4n) is 10.4. The van der Waals surface area contributed by atoms with E-state index in [0.29, 0.717) is 32.1 Å². The van der Waals surface area contributed by atoms with Gasteiger partial charge in [0, 0.05) is 25.7 Å². The Morgan fingerprint density at radius 3 is 0.908 bits per heavy atom. The van der Waals surface area contributed by atoms with Crippen LogP contribution in [0.5, 0.6) is 0 Å². The molecule has 0 radical (unpaired) electrons. The molecule has 0 aliphatic heterocycles. The van der Waals surface area contributed by atoms with Crippen LogP contribution >= 0.6 is 15.6 Å². The first kappa shape index (κ1) is 94.2. The molecule has 0 aliphatic carbocycles. The number of phosphoric acid groups is 2. The van der Waals surface area contributed by atoms with E-state index >= 15 is 0 Å². The summed E-state index contributed by atoms with van der Waals surface area (Å²) in [6.07, 6.45) is 72.9. The molecule has 0 bridgehead atoms. The smallest absolute Gasteiger partial charge is 0.462 e. The fourth-order valence-corrected chi connectivity index (χ4v) is 12.0. The lowest BCUT2D eigenvalue weighted by molar-refractivity contribution is -0.161. The maximum absolute atomic E-state index is 13.1. The summed E-state index contributed by atoms with van der Waals surface area (Å²) in [6.45, 7) is 4.75. The summed E-state index contributed by atoms with van der Waals surface area (Å²) in [7, 11) is -9.96. The van der Waals surface area contributed by atoms with Gasteiger partial charge < -0.3 is 33.8 Å². The molecule has 98 heavy (non-hydrogen) atoms. The van der Waals surface area contributed by atoms with E-state index in [1.807, 2.05) is 12.2 Å². The van der Waals surface area contributed by atoms with Gasteiger partial charge in [0.2, 0.25) is 0 Å². The van der Waals surface area contributed by atoms with Crippen LogP contribution in [0.25, 0.3) is 0 Å². The predicted molar refractivity (Wildman–Crippen MR) is 399 cm³/mol. The molecule has 0 aromatic carbocycles. The third kappa shape index (κ3) is 70.7. The van der Waals surface area contributed by atoms with Crippen molar-refractivity contribution in [2.45, 2.75) is 354 Å². The highest BCUT2D eigenvalue weighted by Gasteiger charge is 2.30. The molecule has 5 atom stereocenters. The number of carbonyl (C=O) groups excluding carboxylic acids is 4. The second-order valence-electron chi connectivity index (χ2n) is 26.0. The van der Waals surface area contributed by atoms with E-state index in [2.05, 4.69) is 101 Å². The summed E-state index contributed by atoms with van der Waals surface area (Å²) in [5.41, 5.74) is 0. The molecule has 17 nitrogen and oxygen atoms in total. The van der Waals surface area contributed by atoms with Crippen LogP contribution in [0.1, 0.15) is 336 Å². The zero-order valence-corrected chi connectivity index (χ0v) is 63.7. The average Bonchev–Trinajstić information content (AvgIpc) is 1.05. The maximum Gasteiger partial charge on any atom is 0.472 e. The normalized spacial score (nSPS) is 14.4. The highest BCUT2D eigenvalue weighted by atomic mass is 31.2. The molecule has 19 heteroatoms. The van der Waals surface area contributed by atoms with E-state index < -0.39 is 97.5 Å². The van der Waals surface area contributed by atoms with Crippen LogP contribution in [-0.4, -0.2) is 96.7 Å². The van der Waals surface area contributed by atoms with E-state index in [4.69, 9.17) is 37.0 Å². The van der Waals surface area contributed by atoms with Crippen molar-refractivity contribution in [3.63, 3.8) is 0 Å². The molecular weight excluding hydrogens is 1280 g/mol. The topological polar surface area (TPSA) is 237 Å². The van der Waals surface area contributed by atoms with Crippen LogP contribution < -0.4 is 0 Å². The van der Waals surface area contributed by atoms with Crippen molar-refractivity contribution in [3.8, 4) is 0 Å². The number of hydrogen-bond acceptors (Lipinski definition) is 15. The predicted octanol–water partition coefficient (Wildman–Crippen LogP) is 22.2. The highest BCUT2D eigenvalue weighted by molar-refractivity contribution is 7.47. The molecule has 0 aromatic rings. The summed E-state index contributed by atoms with van der Waals surface area (Å²) in [6, 6.07) is 0. The lowest BCUT2D eigenvalue weighted by Gasteiger charge is -2.21.